The van der Waals surface area contributed by atoms with E-state index in [1.54, 1.807) is 17.0 Å². The molecule has 1 aliphatic carbocycles. The van der Waals surface area contributed by atoms with Crippen molar-refractivity contribution in [3.63, 3.8) is 0 Å². The molecule has 5 heterocycles. The molecule has 2 aromatic heterocycles. The number of para-hydroxylation sites is 1. The van der Waals surface area contributed by atoms with E-state index in [2.05, 4.69) is 37.1 Å². The number of rotatable bonds is 7. The second-order valence-electron chi connectivity index (χ2n) is 14.3. The zero-order valence-corrected chi connectivity index (χ0v) is 27.4. The summed E-state index contributed by atoms with van der Waals surface area (Å²) < 4.78 is 18.1. The molecule has 250 valence electrons. The molecule has 0 radical (unpaired) electrons. The van der Waals surface area contributed by atoms with E-state index in [0.29, 0.717) is 47.9 Å². The quantitative estimate of drug-likeness (QED) is 0.370. The number of fused-ring (bicyclic) bond motifs is 1. The minimum absolute atomic E-state index is 0.0956. The zero-order chi connectivity index (χ0) is 32.7. The van der Waals surface area contributed by atoms with Crippen LogP contribution in [-0.2, 0) is 9.47 Å². The summed E-state index contributed by atoms with van der Waals surface area (Å²) in [7, 11) is 0. The summed E-state index contributed by atoms with van der Waals surface area (Å²) in [6, 6.07) is 13.2. The fourth-order valence-corrected chi connectivity index (χ4v) is 7.20. The number of nitrogens with zero attached hydrogens (tertiary/aromatic N) is 6. The second kappa shape index (κ2) is 12.7. The molecule has 3 aliphatic heterocycles. The molecular formula is C35H45N7O5. The van der Waals surface area contributed by atoms with Gasteiger partial charge in [0.05, 0.1) is 23.6 Å². The Morgan fingerprint density at radius 1 is 0.915 bits per heavy atom. The number of aromatic hydroxyl groups is 1. The molecule has 4 fully saturated rings. The summed E-state index contributed by atoms with van der Waals surface area (Å²) in [5.41, 5.74) is 9.05. The summed E-state index contributed by atoms with van der Waals surface area (Å²) in [6.07, 6.45) is 5.38. The van der Waals surface area contributed by atoms with Gasteiger partial charge in [-0.3, -0.25) is 0 Å². The van der Waals surface area contributed by atoms with Gasteiger partial charge in [-0.05, 0) is 57.9 Å². The van der Waals surface area contributed by atoms with Crippen LogP contribution in [0.3, 0.4) is 0 Å². The number of pyridine rings is 1. The highest BCUT2D eigenvalue weighted by atomic mass is 16.6. The maximum Gasteiger partial charge on any atom is 0.410 e. The number of phenolic OH excluding ortho intramolecular Hbond substituents is 1. The summed E-state index contributed by atoms with van der Waals surface area (Å²) in [4.78, 5) is 23.4. The number of hydrogen-bond donors (Lipinski definition) is 2. The number of ether oxygens (including phenoxy) is 3. The number of aromatic nitrogens is 3. The Hall–Kier alpha value is -4.32. The molecule has 0 bridgehead atoms. The van der Waals surface area contributed by atoms with E-state index < -0.39 is 5.60 Å². The summed E-state index contributed by atoms with van der Waals surface area (Å²) >= 11 is 0. The fraction of sp³-hybridized carbons (Fsp3) is 0.543. The molecular weight excluding hydrogens is 598 g/mol. The van der Waals surface area contributed by atoms with Gasteiger partial charge in [0, 0.05) is 87.5 Å². The van der Waals surface area contributed by atoms with Gasteiger partial charge in [0.25, 0.3) is 0 Å². The third kappa shape index (κ3) is 7.02. The fourth-order valence-electron chi connectivity index (χ4n) is 7.20. The first-order chi connectivity index (χ1) is 22.6. The van der Waals surface area contributed by atoms with Crippen LogP contribution in [0.2, 0.25) is 0 Å². The first kappa shape index (κ1) is 31.3. The highest BCUT2D eigenvalue weighted by molar-refractivity contribution is 5.74. The van der Waals surface area contributed by atoms with E-state index in [-0.39, 0.29) is 30.2 Å². The number of amides is 1. The maximum absolute atomic E-state index is 12.3. The van der Waals surface area contributed by atoms with Crippen LogP contribution in [0.25, 0.3) is 11.3 Å². The minimum atomic E-state index is -0.481. The van der Waals surface area contributed by atoms with E-state index in [9.17, 15) is 9.90 Å². The molecule has 1 amide bonds. The number of likely N-dealkylation sites (tertiary alicyclic amines) is 1. The van der Waals surface area contributed by atoms with Crippen molar-refractivity contribution < 1.29 is 24.1 Å². The predicted molar refractivity (Wildman–Crippen MR) is 179 cm³/mol. The number of piperidine rings is 1. The van der Waals surface area contributed by atoms with Gasteiger partial charge >= 0.3 is 6.09 Å². The minimum Gasteiger partial charge on any atom is -0.507 e. The Bertz CT molecular complexity index is 1570. The van der Waals surface area contributed by atoms with Crippen molar-refractivity contribution in [3.8, 4) is 22.9 Å². The first-order valence-electron chi connectivity index (χ1n) is 16.8. The first-order valence-corrected chi connectivity index (χ1v) is 16.8. The summed E-state index contributed by atoms with van der Waals surface area (Å²) in [6.45, 7) is 10.7. The molecule has 4 aliphatic rings. The van der Waals surface area contributed by atoms with Crippen LogP contribution < -0.4 is 20.3 Å². The van der Waals surface area contributed by atoms with Crippen molar-refractivity contribution in [2.24, 2.45) is 11.8 Å². The van der Waals surface area contributed by atoms with Crippen LogP contribution in [0.4, 0.5) is 22.0 Å². The van der Waals surface area contributed by atoms with Crippen LogP contribution in [-0.4, -0.2) is 94.5 Å². The van der Waals surface area contributed by atoms with Crippen molar-refractivity contribution in [3.05, 3.63) is 48.7 Å². The molecule has 3 saturated heterocycles. The highest BCUT2D eigenvalue weighted by Crippen LogP contribution is 2.40. The van der Waals surface area contributed by atoms with Crippen molar-refractivity contribution in [1.29, 1.82) is 0 Å². The normalized spacial score (nSPS) is 24.6. The molecule has 47 heavy (non-hydrogen) atoms. The molecule has 1 saturated carbocycles. The van der Waals surface area contributed by atoms with Crippen LogP contribution in [0.15, 0.2) is 48.7 Å². The molecule has 12 heteroatoms. The molecule has 2 atom stereocenters. The highest BCUT2D eigenvalue weighted by Gasteiger charge is 2.41. The largest absolute Gasteiger partial charge is 0.507 e. The van der Waals surface area contributed by atoms with Crippen molar-refractivity contribution in [1.82, 2.24) is 20.1 Å². The van der Waals surface area contributed by atoms with Crippen molar-refractivity contribution in [2.75, 3.05) is 54.8 Å². The van der Waals surface area contributed by atoms with Crippen LogP contribution >= 0.6 is 0 Å². The lowest BCUT2D eigenvalue weighted by Gasteiger charge is -2.39. The predicted octanol–water partition coefficient (Wildman–Crippen LogP) is 4.72. The number of nitrogens with two attached hydrogens (primary N) is 1. The molecule has 1 aromatic carbocycles. The van der Waals surface area contributed by atoms with Gasteiger partial charge in [-0.2, -0.15) is 0 Å². The SMILES string of the molecule is CC(C)(C)OC(=O)N1CCC(OC2CC(Oc3cc(N4C[C@@H]5CN(c6cc(-c7ccccc7O)nnc6N)C[C@@H]5C4)ccn3)C2)CC1. The third-order valence-corrected chi connectivity index (χ3v) is 9.71. The van der Waals surface area contributed by atoms with Crippen LogP contribution in [0.1, 0.15) is 46.5 Å². The van der Waals surface area contributed by atoms with Crippen molar-refractivity contribution >= 4 is 23.3 Å². The summed E-state index contributed by atoms with van der Waals surface area (Å²) in [5, 5.41) is 18.8. The smallest absolute Gasteiger partial charge is 0.410 e. The standard InChI is InChI=1S/C35H45N7O5/c1-35(2,3)47-34(44)40-12-9-25(10-13-40)45-26-15-27(16-26)46-32-14-24(8-11-37-32)41-18-22-20-42(21-23(22)19-41)30-17-29(38-39-33(30)36)28-6-4-5-7-31(28)43/h4-8,11,14,17,22-23,25-27,43H,9-10,12-13,15-16,18-21H2,1-3H3,(H2,36,39)/t22-,23+,26?,27?. The molecule has 12 nitrogen and oxygen atoms in total. The van der Waals surface area contributed by atoms with E-state index >= 15 is 0 Å². The van der Waals surface area contributed by atoms with E-state index in [1.807, 2.05) is 45.2 Å². The second-order valence-corrected chi connectivity index (χ2v) is 14.3. The molecule has 0 spiro atoms. The van der Waals surface area contributed by atoms with Gasteiger partial charge in [-0.15, -0.1) is 10.2 Å². The zero-order valence-electron chi connectivity index (χ0n) is 27.4. The van der Waals surface area contributed by atoms with E-state index in [0.717, 1.165) is 63.2 Å². The number of carbonyl (C=O) groups is 1. The van der Waals surface area contributed by atoms with Crippen LogP contribution in [0.5, 0.6) is 11.6 Å². The number of nitrogen functional groups attached to an aromatic ring is 1. The third-order valence-electron chi connectivity index (χ3n) is 9.71. The number of benzene rings is 1. The number of phenols is 1. The lowest BCUT2D eigenvalue weighted by atomic mass is 9.91. The van der Waals surface area contributed by atoms with E-state index in [1.165, 1.54) is 0 Å². The number of anilines is 3. The molecule has 3 N–H and O–H groups in total. The average Bonchev–Trinajstić information content (AvgIpc) is 3.60. The Morgan fingerprint density at radius 2 is 1.62 bits per heavy atom. The lowest BCUT2D eigenvalue weighted by molar-refractivity contribution is -0.110. The number of hydrogen-bond acceptors (Lipinski definition) is 11. The Labute approximate surface area is 275 Å². The maximum atomic E-state index is 12.3. The van der Waals surface area contributed by atoms with Gasteiger partial charge in [0.15, 0.2) is 5.82 Å². The van der Waals surface area contributed by atoms with Crippen molar-refractivity contribution in [2.45, 2.75) is 70.4 Å². The van der Waals surface area contributed by atoms with E-state index in [4.69, 9.17) is 19.9 Å². The summed E-state index contributed by atoms with van der Waals surface area (Å²) in [5.74, 6) is 2.22. The van der Waals surface area contributed by atoms with Gasteiger partial charge < -0.3 is 39.8 Å². The molecule has 7 rings (SSSR count). The lowest BCUT2D eigenvalue weighted by Crippen LogP contribution is -2.46. The monoisotopic (exact) mass is 643 g/mol. The Morgan fingerprint density at radius 3 is 2.32 bits per heavy atom. The average molecular weight is 644 g/mol. The number of carbonyl (C=O) groups excluding carboxylic acids is 1. The topological polar surface area (TPSA) is 139 Å². The van der Waals surface area contributed by atoms with Gasteiger partial charge in [0.1, 0.15) is 17.5 Å². The Kier molecular flexibility index (Phi) is 8.46. The van der Waals surface area contributed by atoms with Crippen LogP contribution in [0, 0.1) is 11.8 Å². The molecule has 0 unspecified atom stereocenters. The Balaban J connectivity index is 0.874. The molecule has 3 aromatic rings. The van der Waals surface area contributed by atoms with Gasteiger partial charge in [-0.1, -0.05) is 12.1 Å². The van der Waals surface area contributed by atoms with Gasteiger partial charge in [0.2, 0.25) is 5.88 Å². The van der Waals surface area contributed by atoms with Gasteiger partial charge in [-0.25, -0.2) is 9.78 Å².